The summed E-state index contributed by atoms with van der Waals surface area (Å²) in [4.78, 5) is 49.8. The van der Waals surface area contributed by atoms with Crippen molar-refractivity contribution in [1.82, 2.24) is 15.5 Å². The van der Waals surface area contributed by atoms with Gasteiger partial charge in [0.2, 0.25) is 11.8 Å². The Bertz CT molecular complexity index is 874. The summed E-state index contributed by atoms with van der Waals surface area (Å²) in [6, 6.07) is 2.68. The van der Waals surface area contributed by atoms with E-state index in [4.69, 9.17) is 9.47 Å². The van der Waals surface area contributed by atoms with Crippen LogP contribution in [0.1, 0.15) is 55.1 Å². The maximum Gasteiger partial charge on any atom is 0.407 e. The van der Waals surface area contributed by atoms with Gasteiger partial charge in [0.05, 0.1) is 13.7 Å². The van der Waals surface area contributed by atoms with E-state index in [-0.39, 0.29) is 31.3 Å². The Kier molecular flexibility index (Phi) is 5.50. The third-order valence-corrected chi connectivity index (χ3v) is 4.77. The first kappa shape index (κ1) is 20.6. The summed E-state index contributed by atoms with van der Waals surface area (Å²) in [6.45, 7) is 5.69. The highest BCUT2D eigenvalue weighted by Crippen LogP contribution is 2.36. The number of hydrogen-bond donors (Lipinski definition) is 2. The molecule has 1 aromatic rings. The van der Waals surface area contributed by atoms with E-state index < -0.39 is 23.6 Å². The van der Waals surface area contributed by atoms with Crippen molar-refractivity contribution in [1.29, 1.82) is 0 Å². The lowest BCUT2D eigenvalue weighted by Crippen LogP contribution is -2.52. The van der Waals surface area contributed by atoms with E-state index >= 15 is 0 Å². The molecule has 0 aliphatic carbocycles. The van der Waals surface area contributed by atoms with Crippen molar-refractivity contribution in [2.45, 2.75) is 58.3 Å². The van der Waals surface area contributed by atoms with Crippen molar-refractivity contribution >= 4 is 23.8 Å². The highest BCUT2D eigenvalue weighted by atomic mass is 16.6. The number of nitrogens with zero attached hydrogens (tertiary/aromatic N) is 1. The van der Waals surface area contributed by atoms with Crippen LogP contribution < -0.4 is 15.4 Å². The normalized spacial score (nSPS) is 19.0. The Morgan fingerprint density at radius 1 is 1.28 bits per heavy atom. The van der Waals surface area contributed by atoms with E-state index in [9.17, 15) is 19.2 Å². The lowest BCUT2D eigenvalue weighted by atomic mass is 10.0. The first-order chi connectivity index (χ1) is 13.6. The first-order valence-corrected chi connectivity index (χ1v) is 9.41. The zero-order valence-electron chi connectivity index (χ0n) is 17.0. The van der Waals surface area contributed by atoms with Gasteiger partial charge >= 0.3 is 6.09 Å². The van der Waals surface area contributed by atoms with Gasteiger partial charge in [0, 0.05) is 29.7 Å². The summed E-state index contributed by atoms with van der Waals surface area (Å²) in [7, 11) is 1.49. The van der Waals surface area contributed by atoms with Crippen LogP contribution in [-0.4, -0.2) is 47.5 Å². The predicted molar refractivity (Wildman–Crippen MR) is 102 cm³/mol. The molecule has 0 spiro atoms. The number of hydrogen-bond acceptors (Lipinski definition) is 6. The molecule has 0 aromatic heterocycles. The van der Waals surface area contributed by atoms with Crippen molar-refractivity contribution in [3.05, 3.63) is 28.8 Å². The minimum Gasteiger partial charge on any atom is -0.496 e. The van der Waals surface area contributed by atoms with Gasteiger partial charge in [-0.25, -0.2) is 4.79 Å². The molecule has 1 fully saturated rings. The number of carbonyl (C=O) groups is 4. The molecule has 0 bridgehead atoms. The van der Waals surface area contributed by atoms with Crippen LogP contribution in [-0.2, 0) is 27.4 Å². The smallest absolute Gasteiger partial charge is 0.407 e. The Balaban J connectivity index is 1.78. The quantitative estimate of drug-likeness (QED) is 0.736. The van der Waals surface area contributed by atoms with Crippen LogP contribution in [0, 0.1) is 0 Å². The molecule has 1 aromatic carbocycles. The largest absolute Gasteiger partial charge is 0.496 e. The number of nitrogens with one attached hydrogen (secondary N) is 2. The van der Waals surface area contributed by atoms with Gasteiger partial charge in [-0.3, -0.25) is 19.7 Å². The van der Waals surface area contributed by atoms with Crippen molar-refractivity contribution < 1.29 is 28.7 Å². The number of methoxy groups -OCH3 is 1. The number of benzene rings is 1. The molecular weight excluding hydrogens is 378 g/mol. The lowest BCUT2D eigenvalue weighted by molar-refractivity contribution is -0.136. The fourth-order valence-corrected chi connectivity index (χ4v) is 3.54. The molecule has 29 heavy (non-hydrogen) atoms. The molecule has 1 unspecified atom stereocenters. The zero-order valence-corrected chi connectivity index (χ0v) is 17.0. The van der Waals surface area contributed by atoms with Gasteiger partial charge in [0.1, 0.15) is 17.4 Å². The number of imide groups is 1. The molecule has 2 aliphatic rings. The Hall–Kier alpha value is -3.10. The van der Waals surface area contributed by atoms with Crippen molar-refractivity contribution in [2.24, 2.45) is 0 Å². The number of fused-ring (bicyclic) bond motifs is 1. The Morgan fingerprint density at radius 2 is 2.00 bits per heavy atom. The molecule has 1 saturated heterocycles. The zero-order chi connectivity index (χ0) is 21.3. The number of ether oxygens (including phenoxy) is 2. The number of amides is 4. The van der Waals surface area contributed by atoms with Crippen molar-refractivity contribution in [3.8, 4) is 5.75 Å². The van der Waals surface area contributed by atoms with Crippen LogP contribution in [0.5, 0.6) is 5.75 Å². The maximum atomic E-state index is 12.8. The van der Waals surface area contributed by atoms with Gasteiger partial charge in [0.15, 0.2) is 0 Å². The lowest BCUT2D eigenvalue weighted by Gasteiger charge is -2.29. The highest BCUT2D eigenvalue weighted by Gasteiger charge is 2.40. The van der Waals surface area contributed by atoms with Crippen LogP contribution in [0.4, 0.5) is 4.79 Å². The molecule has 0 saturated carbocycles. The second-order valence-electron chi connectivity index (χ2n) is 8.04. The summed E-state index contributed by atoms with van der Waals surface area (Å²) >= 11 is 0. The van der Waals surface area contributed by atoms with Gasteiger partial charge in [0.25, 0.3) is 5.91 Å². The topological polar surface area (TPSA) is 114 Å². The first-order valence-electron chi connectivity index (χ1n) is 9.41. The van der Waals surface area contributed by atoms with E-state index in [0.29, 0.717) is 28.9 Å². The minimum atomic E-state index is -0.694. The fraction of sp³-hybridized carbons (Fsp3) is 0.500. The van der Waals surface area contributed by atoms with Crippen LogP contribution >= 0.6 is 0 Å². The second-order valence-corrected chi connectivity index (χ2v) is 8.04. The van der Waals surface area contributed by atoms with Gasteiger partial charge in [-0.1, -0.05) is 6.07 Å². The van der Waals surface area contributed by atoms with E-state index in [0.717, 1.165) is 0 Å². The molecule has 156 valence electrons. The van der Waals surface area contributed by atoms with Crippen molar-refractivity contribution in [2.75, 3.05) is 7.11 Å². The Labute approximate surface area is 168 Å². The van der Waals surface area contributed by atoms with Crippen LogP contribution in [0.3, 0.4) is 0 Å². The maximum absolute atomic E-state index is 12.8. The molecule has 4 amide bonds. The molecule has 9 nitrogen and oxygen atoms in total. The van der Waals surface area contributed by atoms with Gasteiger partial charge in [-0.2, -0.15) is 0 Å². The predicted octanol–water partition coefficient (Wildman–Crippen LogP) is 1.48. The van der Waals surface area contributed by atoms with E-state index in [2.05, 4.69) is 10.6 Å². The summed E-state index contributed by atoms with van der Waals surface area (Å²) in [5.41, 5.74) is 1.19. The van der Waals surface area contributed by atoms with Crippen LogP contribution in [0.25, 0.3) is 0 Å². The number of carbonyl (C=O) groups excluding carboxylic acids is 4. The molecule has 0 radical (unpaired) electrons. The molecule has 9 heteroatoms. The fourth-order valence-electron chi connectivity index (χ4n) is 3.54. The molecule has 1 atom stereocenters. The van der Waals surface area contributed by atoms with Crippen LogP contribution in [0.2, 0.25) is 0 Å². The summed E-state index contributed by atoms with van der Waals surface area (Å²) in [6.07, 6.45) is -0.0697. The second kappa shape index (κ2) is 7.73. The average molecular weight is 403 g/mol. The number of alkyl carbamates (subject to hydrolysis) is 1. The minimum absolute atomic E-state index is 0.165. The number of rotatable bonds is 4. The van der Waals surface area contributed by atoms with Crippen molar-refractivity contribution in [3.63, 3.8) is 0 Å². The Morgan fingerprint density at radius 3 is 2.62 bits per heavy atom. The molecule has 2 heterocycles. The summed E-state index contributed by atoms with van der Waals surface area (Å²) in [5, 5.41) is 4.96. The standard InChI is InChI=1S/C20H25N3O6/c1-20(2,3)29-19(27)21-9-11-5-6-12-13(16(11)28-4)10-23(18(12)26)14-7-8-15(24)22-17(14)25/h5-6,14H,7-10H2,1-4H3,(H,21,27)(H,22,24,25). The highest BCUT2D eigenvalue weighted by molar-refractivity contribution is 6.05. The molecular formula is C20H25N3O6. The van der Waals surface area contributed by atoms with E-state index in [1.54, 1.807) is 32.9 Å². The van der Waals surface area contributed by atoms with E-state index in [1.807, 2.05) is 0 Å². The number of piperidine rings is 1. The molecule has 2 aliphatic heterocycles. The van der Waals surface area contributed by atoms with Gasteiger partial charge < -0.3 is 19.7 Å². The SMILES string of the molecule is COc1c(CNC(=O)OC(C)(C)C)ccc2c1CN(C1CCC(=O)NC1=O)C2=O. The van der Waals surface area contributed by atoms with Gasteiger partial charge in [-0.05, 0) is 33.3 Å². The third-order valence-electron chi connectivity index (χ3n) is 4.77. The van der Waals surface area contributed by atoms with Gasteiger partial charge in [-0.15, -0.1) is 0 Å². The molecule has 3 rings (SSSR count). The average Bonchev–Trinajstić information content (AvgIpc) is 2.95. The molecule has 2 N–H and O–H groups in total. The summed E-state index contributed by atoms with van der Waals surface area (Å²) in [5.74, 6) is -0.585. The van der Waals surface area contributed by atoms with Crippen LogP contribution in [0.15, 0.2) is 12.1 Å². The summed E-state index contributed by atoms with van der Waals surface area (Å²) < 4.78 is 10.8. The van der Waals surface area contributed by atoms with E-state index in [1.165, 1.54) is 12.0 Å². The third kappa shape index (κ3) is 4.33. The monoisotopic (exact) mass is 403 g/mol.